The van der Waals surface area contributed by atoms with Crippen LogP contribution in [0.3, 0.4) is 0 Å². The normalized spacial score (nSPS) is 10.2. The van der Waals surface area contributed by atoms with Crippen LogP contribution in [0.5, 0.6) is 5.75 Å². The van der Waals surface area contributed by atoms with E-state index in [4.69, 9.17) is 10.5 Å². The van der Waals surface area contributed by atoms with Gasteiger partial charge in [0, 0.05) is 11.9 Å². The molecular weight excluding hydrogens is 216 g/mol. The van der Waals surface area contributed by atoms with E-state index >= 15 is 0 Å². The quantitative estimate of drug-likeness (QED) is 0.794. The van der Waals surface area contributed by atoms with E-state index in [0.717, 1.165) is 5.56 Å². The van der Waals surface area contributed by atoms with Gasteiger partial charge in [0.25, 0.3) is 0 Å². The molecule has 0 fully saturated rings. The van der Waals surface area contributed by atoms with Crippen LogP contribution >= 0.6 is 0 Å². The van der Waals surface area contributed by atoms with Gasteiger partial charge >= 0.3 is 0 Å². The number of carbonyl (C=O) groups is 1. The van der Waals surface area contributed by atoms with Crippen molar-refractivity contribution in [2.45, 2.75) is 6.92 Å². The molecular formula is C13H14N2O2. The maximum absolute atomic E-state index is 12.2. The van der Waals surface area contributed by atoms with Gasteiger partial charge in [-0.05, 0) is 25.1 Å². The van der Waals surface area contributed by atoms with E-state index in [0.29, 0.717) is 22.7 Å². The molecule has 17 heavy (non-hydrogen) atoms. The zero-order valence-corrected chi connectivity index (χ0v) is 9.78. The van der Waals surface area contributed by atoms with Gasteiger partial charge in [-0.15, -0.1) is 0 Å². The van der Waals surface area contributed by atoms with Gasteiger partial charge in [0.05, 0.1) is 18.4 Å². The van der Waals surface area contributed by atoms with Crippen molar-refractivity contribution >= 4 is 11.5 Å². The lowest BCUT2D eigenvalue weighted by Gasteiger charge is -2.07. The molecule has 0 amide bonds. The average molecular weight is 230 g/mol. The average Bonchev–Trinajstić information content (AvgIpc) is 2.75. The van der Waals surface area contributed by atoms with Gasteiger partial charge in [0.15, 0.2) is 0 Å². The van der Waals surface area contributed by atoms with Gasteiger partial charge in [-0.1, -0.05) is 11.6 Å². The molecule has 0 bridgehead atoms. The number of H-pyrrole nitrogens is 1. The Bertz CT molecular complexity index is 558. The summed E-state index contributed by atoms with van der Waals surface area (Å²) in [7, 11) is 1.55. The predicted molar refractivity (Wildman–Crippen MR) is 66.4 cm³/mol. The summed E-state index contributed by atoms with van der Waals surface area (Å²) in [5.41, 5.74) is 8.13. The Morgan fingerprint density at radius 2 is 2.12 bits per heavy atom. The number of rotatable bonds is 3. The second-order valence-electron chi connectivity index (χ2n) is 3.88. The molecule has 0 saturated heterocycles. The van der Waals surface area contributed by atoms with Crippen LogP contribution in [0, 0.1) is 6.92 Å². The first kappa shape index (κ1) is 11.3. The molecule has 0 unspecified atom stereocenters. The van der Waals surface area contributed by atoms with Gasteiger partial charge in [-0.2, -0.15) is 0 Å². The van der Waals surface area contributed by atoms with E-state index in [2.05, 4.69) is 4.98 Å². The molecule has 2 aromatic rings. The van der Waals surface area contributed by atoms with Crippen LogP contribution in [0.4, 0.5) is 5.69 Å². The summed E-state index contributed by atoms with van der Waals surface area (Å²) < 4.78 is 5.18. The molecule has 4 nitrogen and oxygen atoms in total. The van der Waals surface area contributed by atoms with Crippen LogP contribution in [-0.2, 0) is 0 Å². The third kappa shape index (κ3) is 2.15. The molecule has 0 radical (unpaired) electrons. The summed E-state index contributed by atoms with van der Waals surface area (Å²) >= 11 is 0. The number of hydrogen-bond donors (Lipinski definition) is 2. The Hall–Kier alpha value is -2.23. The van der Waals surface area contributed by atoms with Crippen LogP contribution in [0.25, 0.3) is 0 Å². The Kier molecular flexibility index (Phi) is 2.87. The number of nitrogens with two attached hydrogens (primary N) is 1. The van der Waals surface area contributed by atoms with E-state index in [1.165, 1.54) is 0 Å². The molecule has 0 spiro atoms. The summed E-state index contributed by atoms with van der Waals surface area (Å²) in [5.74, 6) is 0.441. The van der Waals surface area contributed by atoms with E-state index < -0.39 is 0 Å². The first-order valence-corrected chi connectivity index (χ1v) is 5.25. The van der Waals surface area contributed by atoms with Crippen molar-refractivity contribution in [3.05, 3.63) is 47.3 Å². The van der Waals surface area contributed by atoms with Crippen LogP contribution in [-0.4, -0.2) is 17.9 Å². The Labute approximate surface area is 99.4 Å². The first-order chi connectivity index (χ1) is 8.11. The molecule has 1 aromatic carbocycles. The lowest BCUT2D eigenvalue weighted by molar-refractivity contribution is 0.103. The van der Waals surface area contributed by atoms with Gasteiger partial charge in [-0.25, -0.2) is 0 Å². The highest BCUT2D eigenvalue weighted by molar-refractivity contribution is 6.10. The fourth-order valence-electron chi connectivity index (χ4n) is 1.69. The van der Waals surface area contributed by atoms with E-state index in [1.807, 2.05) is 13.0 Å². The van der Waals surface area contributed by atoms with Crippen molar-refractivity contribution in [3.8, 4) is 5.75 Å². The molecule has 0 aliphatic rings. The molecule has 3 N–H and O–H groups in total. The Balaban J connectivity index is 2.46. The minimum atomic E-state index is -0.123. The maximum atomic E-state index is 12.2. The van der Waals surface area contributed by atoms with Gasteiger partial charge in [0.1, 0.15) is 5.75 Å². The SMILES string of the molecule is COc1ccc(C)cc1C(=O)c1cc(N)c[nH]1. The highest BCUT2D eigenvalue weighted by Gasteiger charge is 2.15. The second-order valence-corrected chi connectivity index (χ2v) is 3.88. The van der Waals surface area contributed by atoms with E-state index in [-0.39, 0.29) is 5.78 Å². The molecule has 0 atom stereocenters. The van der Waals surface area contributed by atoms with Crippen LogP contribution in [0.2, 0.25) is 0 Å². The number of benzene rings is 1. The lowest BCUT2D eigenvalue weighted by Crippen LogP contribution is -2.04. The fraction of sp³-hybridized carbons (Fsp3) is 0.154. The van der Waals surface area contributed by atoms with Crippen molar-refractivity contribution in [1.29, 1.82) is 0 Å². The van der Waals surface area contributed by atoms with Crippen LogP contribution in [0.1, 0.15) is 21.6 Å². The number of nitrogen functional groups attached to an aromatic ring is 1. The van der Waals surface area contributed by atoms with E-state index in [9.17, 15) is 4.79 Å². The van der Waals surface area contributed by atoms with Gasteiger partial charge in [0.2, 0.25) is 5.78 Å². The minimum absolute atomic E-state index is 0.123. The smallest absolute Gasteiger partial charge is 0.212 e. The van der Waals surface area contributed by atoms with Crippen molar-refractivity contribution < 1.29 is 9.53 Å². The molecule has 0 aliphatic heterocycles. The predicted octanol–water partition coefficient (Wildman–Crippen LogP) is 2.14. The third-order valence-electron chi connectivity index (χ3n) is 2.55. The van der Waals surface area contributed by atoms with E-state index in [1.54, 1.807) is 31.5 Å². The fourth-order valence-corrected chi connectivity index (χ4v) is 1.69. The highest BCUT2D eigenvalue weighted by Crippen LogP contribution is 2.23. The van der Waals surface area contributed by atoms with Gasteiger partial charge < -0.3 is 15.5 Å². The summed E-state index contributed by atoms with van der Waals surface area (Å²) in [4.78, 5) is 15.1. The monoisotopic (exact) mass is 230 g/mol. The summed E-state index contributed by atoms with van der Waals surface area (Å²) in [5, 5.41) is 0. The van der Waals surface area contributed by atoms with Crippen LogP contribution < -0.4 is 10.5 Å². The minimum Gasteiger partial charge on any atom is -0.496 e. The largest absolute Gasteiger partial charge is 0.496 e. The zero-order chi connectivity index (χ0) is 12.4. The molecule has 1 aromatic heterocycles. The topological polar surface area (TPSA) is 68.1 Å². The molecule has 2 rings (SSSR count). The molecule has 88 valence electrons. The molecule has 4 heteroatoms. The number of carbonyl (C=O) groups excluding carboxylic acids is 1. The number of ether oxygens (including phenoxy) is 1. The number of ketones is 1. The number of hydrogen-bond acceptors (Lipinski definition) is 3. The number of methoxy groups -OCH3 is 1. The highest BCUT2D eigenvalue weighted by atomic mass is 16.5. The van der Waals surface area contributed by atoms with Crippen molar-refractivity contribution in [1.82, 2.24) is 4.98 Å². The number of aromatic nitrogens is 1. The third-order valence-corrected chi connectivity index (χ3v) is 2.55. The number of aryl methyl sites for hydroxylation is 1. The molecule has 0 aliphatic carbocycles. The molecule has 0 saturated carbocycles. The van der Waals surface area contributed by atoms with Crippen molar-refractivity contribution in [2.75, 3.05) is 12.8 Å². The van der Waals surface area contributed by atoms with Gasteiger partial charge in [-0.3, -0.25) is 4.79 Å². The maximum Gasteiger partial charge on any atom is 0.212 e. The molecule has 1 heterocycles. The van der Waals surface area contributed by atoms with Crippen LogP contribution in [0.15, 0.2) is 30.5 Å². The number of nitrogens with one attached hydrogen (secondary N) is 1. The summed E-state index contributed by atoms with van der Waals surface area (Å²) in [6, 6.07) is 7.11. The standard InChI is InChI=1S/C13H14N2O2/c1-8-3-4-12(17-2)10(5-8)13(16)11-6-9(14)7-15-11/h3-7,15H,14H2,1-2H3. The zero-order valence-electron chi connectivity index (χ0n) is 9.78. The summed E-state index contributed by atoms with van der Waals surface area (Å²) in [6.07, 6.45) is 1.59. The summed E-state index contributed by atoms with van der Waals surface area (Å²) in [6.45, 7) is 1.93. The number of anilines is 1. The Morgan fingerprint density at radius 1 is 1.35 bits per heavy atom. The van der Waals surface area contributed by atoms with Crippen molar-refractivity contribution in [3.63, 3.8) is 0 Å². The van der Waals surface area contributed by atoms with Crippen molar-refractivity contribution in [2.24, 2.45) is 0 Å². The first-order valence-electron chi connectivity index (χ1n) is 5.25. The number of aromatic amines is 1. The Morgan fingerprint density at radius 3 is 2.71 bits per heavy atom. The second kappa shape index (κ2) is 4.33. The lowest BCUT2D eigenvalue weighted by atomic mass is 10.0.